The molecule has 0 aliphatic heterocycles. The van der Waals surface area contributed by atoms with Crippen molar-refractivity contribution in [3.8, 4) is 0 Å². The highest BCUT2D eigenvalue weighted by molar-refractivity contribution is 5.07. The highest BCUT2D eigenvalue weighted by atomic mass is 13.9. The van der Waals surface area contributed by atoms with Crippen molar-refractivity contribution in [3.05, 3.63) is 23.8 Å². The fraction of sp³-hybridized carbons (Fsp3) is 0.636. The van der Waals surface area contributed by atoms with Gasteiger partial charge in [-0.2, -0.15) is 0 Å². The second-order valence-electron chi connectivity index (χ2n) is 3.17. The summed E-state index contributed by atoms with van der Waals surface area (Å²) in [4.78, 5) is 0. The van der Waals surface area contributed by atoms with E-state index in [0.717, 1.165) is 0 Å². The van der Waals surface area contributed by atoms with Gasteiger partial charge in [0.1, 0.15) is 0 Å². The third-order valence-electron chi connectivity index (χ3n) is 1.54. The lowest BCUT2D eigenvalue weighted by Gasteiger charge is -1.90. The molecule has 0 fully saturated rings. The van der Waals surface area contributed by atoms with Gasteiger partial charge >= 0.3 is 0 Å². The van der Waals surface area contributed by atoms with Crippen molar-refractivity contribution in [1.29, 1.82) is 0 Å². The summed E-state index contributed by atoms with van der Waals surface area (Å²) in [5.41, 5.74) is 1.37. The molecule has 0 aromatic rings. The molecule has 0 aromatic heterocycles. The summed E-state index contributed by atoms with van der Waals surface area (Å²) in [6.07, 6.45) is 11.8. The molecule has 0 bridgehead atoms. The molecule has 0 atom stereocenters. The first-order chi connectivity index (χ1) is 5.27. The molecule has 0 amide bonds. The fourth-order valence-electron chi connectivity index (χ4n) is 0.869. The van der Waals surface area contributed by atoms with Crippen molar-refractivity contribution in [2.45, 2.75) is 46.5 Å². The molecular weight excluding hydrogens is 132 g/mol. The molecule has 0 radical (unpaired) electrons. The van der Waals surface area contributed by atoms with Crippen LogP contribution >= 0.6 is 0 Å². The lowest BCUT2D eigenvalue weighted by atomic mass is 10.2. The Labute approximate surface area is 71.0 Å². The van der Waals surface area contributed by atoms with Crippen molar-refractivity contribution >= 4 is 0 Å². The summed E-state index contributed by atoms with van der Waals surface area (Å²) in [6, 6.07) is 0. The molecule has 0 rings (SSSR count). The average Bonchev–Trinajstić information content (AvgIpc) is 1.96. The molecule has 0 nitrogen and oxygen atoms in total. The predicted octanol–water partition coefficient (Wildman–Crippen LogP) is 4.09. The molecule has 0 saturated heterocycles. The van der Waals surface area contributed by atoms with Crippen molar-refractivity contribution in [3.63, 3.8) is 0 Å². The number of hydrogen-bond donors (Lipinski definition) is 0. The van der Waals surface area contributed by atoms with E-state index in [0.29, 0.717) is 0 Å². The normalized spacial score (nSPS) is 10.5. The zero-order valence-electron chi connectivity index (χ0n) is 8.06. The van der Waals surface area contributed by atoms with Crippen LogP contribution in [0.15, 0.2) is 23.8 Å². The van der Waals surface area contributed by atoms with Crippen LogP contribution in [0.1, 0.15) is 46.5 Å². The summed E-state index contributed by atoms with van der Waals surface area (Å²) in [7, 11) is 0. The van der Waals surface area contributed by atoms with Gasteiger partial charge in [0.25, 0.3) is 0 Å². The van der Waals surface area contributed by atoms with Crippen LogP contribution in [-0.2, 0) is 0 Å². The van der Waals surface area contributed by atoms with E-state index in [-0.39, 0.29) is 0 Å². The molecule has 0 aliphatic rings. The molecule has 0 aliphatic carbocycles. The maximum absolute atomic E-state index is 2.25. The summed E-state index contributed by atoms with van der Waals surface area (Å²) in [5, 5.41) is 0. The predicted molar refractivity (Wildman–Crippen MR) is 52.7 cm³/mol. The highest BCUT2D eigenvalue weighted by Crippen LogP contribution is 2.00. The van der Waals surface area contributed by atoms with Crippen LogP contribution in [0.3, 0.4) is 0 Å². The van der Waals surface area contributed by atoms with Crippen LogP contribution in [-0.4, -0.2) is 0 Å². The Morgan fingerprint density at radius 1 is 1.18 bits per heavy atom. The third kappa shape index (κ3) is 9.48. The minimum atomic E-state index is 1.23. The lowest BCUT2D eigenvalue weighted by Crippen LogP contribution is -1.70. The van der Waals surface area contributed by atoms with Crippen molar-refractivity contribution in [2.24, 2.45) is 0 Å². The molecular formula is C11H20. The van der Waals surface area contributed by atoms with Crippen LogP contribution in [0.5, 0.6) is 0 Å². The van der Waals surface area contributed by atoms with Crippen LogP contribution < -0.4 is 0 Å². The first-order valence-electron chi connectivity index (χ1n) is 4.57. The van der Waals surface area contributed by atoms with Gasteiger partial charge in [-0.3, -0.25) is 0 Å². The Kier molecular flexibility index (Phi) is 7.23. The monoisotopic (exact) mass is 152 g/mol. The SMILES string of the molecule is CCCCC/C=C/C=C(C)C. The third-order valence-corrected chi connectivity index (χ3v) is 1.54. The van der Waals surface area contributed by atoms with Crippen LogP contribution in [0.4, 0.5) is 0 Å². The van der Waals surface area contributed by atoms with E-state index in [2.05, 4.69) is 39.0 Å². The zero-order chi connectivity index (χ0) is 8.53. The van der Waals surface area contributed by atoms with Crippen LogP contribution in [0.25, 0.3) is 0 Å². The van der Waals surface area contributed by atoms with Gasteiger partial charge in [-0.25, -0.2) is 0 Å². The molecule has 0 heterocycles. The maximum atomic E-state index is 2.25. The first kappa shape index (κ1) is 10.5. The molecule has 0 spiro atoms. The summed E-state index contributed by atoms with van der Waals surface area (Å²) in [5.74, 6) is 0. The molecule has 0 heteroatoms. The van der Waals surface area contributed by atoms with E-state index in [1.165, 1.54) is 31.3 Å². The molecule has 0 saturated carbocycles. The molecule has 64 valence electrons. The van der Waals surface area contributed by atoms with Crippen LogP contribution in [0.2, 0.25) is 0 Å². The van der Waals surface area contributed by atoms with Gasteiger partial charge in [0.05, 0.1) is 0 Å². The van der Waals surface area contributed by atoms with Crippen molar-refractivity contribution in [2.75, 3.05) is 0 Å². The van der Waals surface area contributed by atoms with Gasteiger partial charge in [-0.05, 0) is 26.7 Å². The second-order valence-corrected chi connectivity index (χ2v) is 3.17. The topological polar surface area (TPSA) is 0 Å². The van der Waals surface area contributed by atoms with Gasteiger partial charge in [0.2, 0.25) is 0 Å². The smallest absolute Gasteiger partial charge is 0.0348 e. The second kappa shape index (κ2) is 7.59. The van der Waals surface area contributed by atoms with Gasteiger partial charge in [0, 0.05) is 0 Å². The van der Waals surface area contributed by atoms with E-state index < -0.39 is 0 Å². The standard InChI is InChI=1S/C11H20/c1-4-5-6-7-8-9-10-11(2)3/h8-10H,4-7H2,1-3H3/b9-8+. The minimum Gasteiger partial charge on any atom is -0.0845 e. The van der Waals surface area contributed by atoms with E-state index in [1.54, 1.807) is 0 Å². The molecule has 0 N–H and O–H groups in total. The average molecular weight is 152 g/mol. The van der Waals surface area contributed by atoms with Gasteiger partial charge in [0.15, 0.2) is 0 Å². The van der Waals surface area contributed by atoms with Gasteiger partial charge in [-0.15, -0.1) is 0 Å². The number of hydrogen-bond acceptors (Lipinski definition) is 0. The Morgan fingerprint density at radius 3 is 2.45 bits per heavy atom. The minimum absolute atomic E-state index is 1.23. The first-order valence-corrected chi connectivity index (χ1v) is 4.57. The van der Waals surface area contributed by atoms with E-state index in [9.17, 15) is 0 Å². The highest BCUT2D eigenvalue weighted by Gasteiger charge is 1.79. The summed E-state index contributed by atoms with van der Waals surface area (Å²) in [6.45, 7) is 6.48. The van der Waals surface area contributed by atoms with Crippen molar-refractivity contribution < 1.29 is 0 Å². The Hall–Kier alpha value is -0.520. The van der Waals surface area contributed by atoms with Gasteiger partial charge in [-0.1, -0.05) is 43.6 Å². The number of unbranched alkanes of at least 4 members (excludes halogenated alkanes) is 3. The Bertz CT molecular complexity index is 125. The van der Waals surface area contributed by atoms with Crippen molar-refractivity contribution in [1.82, 2.24) is 0 Å². The van der Waals surface area contributed by atoms with Crippen LogP contribution in [0, 0.1) is 0 Å². The van der Waals surface area contributed by atoms with Gasteiger partial charge < -0.3 is 0 Å². The quantitative estimate of drug-likeness (QED) is 0.411. The fourth-order valence-corrected chi connectivity index (χ4v) is 0.869. The molecule has 0 aromatic carbocycles. The summed E-state index contributed by atoms with van der Waals surface area (Å²) < 4.78 is 0. The zero-order valence-corrected chi connectivity index (χ0v) is 8.06. The molecule has 11 heavy (non-hydrogen) atoms. The number of allylic oxidation sites excluding steroid dienone is 4. The van der Waals surface area contributed by atoms with E-state index in [4.69, 9.17) is 0 Å². The Morgan fingerprint density at radius 2 is 1.91 bits per heavy atom. The maximum Gasteiger partial charge on any atom is -0.0348 e. The Balaban J connectivity index is 3.23. The van der Waals surface area contributed by atoms with E-state index in [1.807, 2.05) is 0 Å². The summed E-state index contributed by atoms with van der Waals surface area (Å²) >= 11 is 0. The van der Waals surface area contributed by atoms with E-state index >= 15 is 0 Å². The lowest BCUT2D eigenvalue weighted by molar-refractivity contribution is 0.729. The largest absolute Gasteiger partial charge is 0.0845 e. The molecule has 0 unspecified atom stereocenters. The number of rotatable bonds is 5.